The number of benzene rings is 2. The van der Waals surface area contributed by atoms with E-state index in [1.807, 2.05) is 17.0 Å². The van der Waals surface area contributed by atoms with Gasteiger partial charge >= 0.3 is 0 Å². The number of amides is 1. The summed E-state index contributed by atoms with van der Waals surface area (Å²) in [5.74, 6) is 0.323. The number of nitrogens with zero attached hydrogens (tertiary/aromatic N) is 4. The maximum atomic E-state index is 13.8. The van der Waals surface area contributed by atoms with Crippen LogP contribution in [0.5, 0.6) is 11.6 Å². The molecule has 1 unspecified atom stereocenters. The Morgan fingerprint density at radius 2 is 1.97 bits per heavy atom. The van der Waals surface area contributed by atoms with Gasteiger partial charge in [0.05, 0.1) is 5.52 Å². The zero-order valence-electron chi connectivity index (χ0n) is 17.5. The molecule has 4 aromatic rings. The molecular weight excluding hydrogens is 407 g/mol. The molecule has 6 nitrogen and oxygen atoms in total. The van der Waals surface area contributed by atoms with Gasteiger partial charge in [-0.1, -0.05) is 12.1 Å². The highest BCUT2D eigenvalue weighted by Gasteiger charge is 2.27. The van der Waals surface area contributed by atoms with E-state index in [9.17, 15) is 9.18 Å². The maximum absolute atomic E-state index is 13.8. The SMILES string of the molecule is CC(=O)N1CCC(c2cc(-c3ccc(Oc4ccccc4F)nc3)cc3cncnc23)C1. The summed E-state index contributed by atoms with van der Waals surface area (Å²) in [4.78, 5) is 26.7. The molecule has 1 fully saturated rings. The number of para-hydroxylation sites is 1. The number of hydrogen-bond acceptors (Lipinski definition) is 5. The summed E-state index contributed by atoms with van der Waals surface area (Å²) in [6.45, 7) is 3.04. The Balaban J connectivity index is 1.48. The lowest BCUT2D eigenvalue weighted by Gasteiger charge is -2.16. The molecule has 0 bridgehead atoms. The van der Waals surface area contributed by atoms with Crippen molar-refractivity contribution in [1.82, 2.24) is 19.9 Å². The van der Waals surface area contributed by atoms with E-state index < -0.39 is 5.82 Å². The summed E-state index contributed by atoms with van der Waals surface area (Å²) in [5.41, 5.74) is 3.90. The normalized spacial score (nSPS) is 15.8. The molecule has 3 heterocycles. The van der Waals surface area contributed by atoms with Crippen molar-refractivity contribution in [2.45, 2.75) is 19.3 Å². The first kappa shape index (κ1) is 20.1. The molecule has 32 heavy (non-hydrogen) atoms. The van der Waals surface area contributed by atoms with E-state index in [0.717, 1.165) is 40.6 Å². The first-order valence-corrected chi connectivity index (χ1v) is 10.5. The number of fused-ring (bicyclic) bond motifs is 1. The zero-order valence-corrected chi connectivity index (χ0v) is 17.5. The molecule has 1 saturated heterocycles. The molecule has 2 aromatic heterocycles. The van der Waals surface area contributed by atoms with Crippen LogP contribution in [0.1, 0.15) is 24.8 Å². The van der Waals surface area contributed by atoms with Crippen LogP contribution in [-0.4, -0.2) is 38.8 Å². The van der Waals surface area contributed by atoms with Gasteiger partial charge < -0.3 is 9.64 Å². The van der Waals surface area contributed by atoms with Crippen molar-refractivity contribution < 1.29 is 13.9 Å². The number of rotatable bonds is 4. The largest absolute Gasteiger partial charge is 0.436 e. The highest BCUT2D eigenvalue weighted by molar-refractivity contribution is 5.87. The first-order valence-electron chi connectivity index (χ1n) is 10.5. The van der Waals surface area contributed by atoms with Crippen LogP contribution >= 0.6 is 0 Å². The Kier molecular flexibility index (Phi) is 5.23. The van der Waals surface area contributed by atoms with Crippen LogP contribution in [0, 0.1) is 5.82 Å². The second-order valence-corrected chi connectivity index (χ2v) is 7.89. The van der Waals surface area contributed by atoms with Gasteiger partial charge in [0.15, 0.2) is 11.6 Å². The molecule has 1 atom stereocenters. The molecule has 5 rings (SSSR count). The Hall–Kier alpha value is -3.87. The van der Waals surface area contributed by atoms with E-state index in [1.165, 1.54) is 6.07 Å². The quantitative estimate of drug-likeness (QED) is 0.460. The molecule has 1 aliphatic heterocycles. The number of halogens is 1. The smallest absolute Gasteiger partial charge is 0.219 e. The second-order valence-electron chi connectivity index (χ2n) is 7.89. The molecule has 0 spiro atoms. The highest BCUT2D eigenvalue weighted by atomic mass is 19.1. The van der Waals surface area contributed by atoms with Crippen LogP contribution in [0.15, 0.2) is 67.3 Å². The Morgan fingerprint density at radius 3 is 2.72 bits per heavy atom. The molecule has 2 aromatic carbocycles. The summed E-state index contributed by atoms with van der Waals surface area (Å²) in [5, 5.41) is 0.938. The van der Waals surface area contributed by atoms with Gasteiger partial charge in [-0.15, -0.1) is 0 Å². The van der Waals surface area contributed by atoms with Crippen LogP contribution in [0.2, 0.25) is 0 Å². The number of carbonyl (C=O) groups excluding carboxylic acids is 1. The maximum Gasteiger partial charge on any atom is 0.219 e. The summed E-state index contributed by atoms with van der Waals surface area (Å²) < 4.78 is 19.4. The average Bonchev–Trinajstić information content (AvgIpc) is 3.31. The zero-order chi connectivity index (χ0) is 22.1. The third-order valence-corrected chi connectivity index (χ3v) is 5.83. The minimum absolute atomic E-state index is 0.0947. The fraction of sp³-hybridized carbons (Fsp3) is 0.200. The summed E-state index contributed by atoms with van der Waals surface area (Å²) >= 11 is 0. The van der Waals surface area contributed by atoms with Crippen molar-refractivity contribution in [3.05, 3.63) is 78.6 Å². The van der Waals surface area contributed by atoms with Gasteiger partial charge in [0.1, 0.15) is 6.33 Å². The van der Waals surface area contributed by atoms with Crippen LogP contribution in [0.25, 0.3) is 22.0 Å². The lowest BCUT2D eigenvalue weighted by molar-refractivity contribution is -0.127. The predicted molar refractivity (Wildman–Crippen MR) is 119 cm³/mol. The number of hydrogen-bond donors (Lipinski definition) is 0. The first-order chi connectivity index (χ1) is 15.6. The molecule has 7 heteroatoms. The number of ether oxygens (including phenoxy) is 1. The molecule has 0 saturated carbocycles. The minimum Gasteiger partial charge on any atom is -0.436 e. The van der Waals surface area contributed by atoms with E-state index in [2.05, 4.69) is 21.0 Å². The second kappa shape index (κ2) is 8.34. The molecule has 1 amide bonds. The third kappa shape index (κ3) is 3.89. The summed E-state index contributed by atoms with van der Waals surface area (Å²) in [7, 11) is 0. The fourth-order valence-corrected chi connectivity index (χ4v) is 4.16. The summed E-state index contributed by atoms with van der Waals surface area (Å²) in [6, 6.07) is 14.0. The van der Waals surface area contributed by atoms with E-state index in [0.29, 0.717) is 12.4 Å². The van der Waals surface area contributed by atoms with Crippen LogP contribution in [-0.2, 0) is 4.79 Å². The number of carbonyl (C=O) groups is 1. The van der Waals surface area contributed by atoms with Gasteiger partial charge in [0.25, 0.3) is 0 Å². The number of pyridine rings is 1. The van der Waals surface area contributed by atoms with Crippen molar-refractivity contribution in [2.75, 3.05) is 13.1 Å². The van der Waals surface area contributed by atoms with Crippen LogP contribution in [0.3, 0.4) is 0 Å². The fourth-order valence-electron chi connectivity index (χ4n) is 4.16. The van der Waals surface area contributed by atoms with Crippen molar-refractivity contribution in [3.8, 4) is 22.8 Å². The Morgan fingerprint density at radius 1 is 1.09 bits per heavy atom. The van der Waals surface area contributed by atoms with E-state index in [-0.39, 0.29) is 17.6 Å². The molecular formula is C25H21FN4O2. The number of likely N-dealkylation sites (tertiary alicyclic amines) is 1. The minimum atomic E-state index is -0.436. The van der Waals surface area contributed by atoms with Crippen molar-refractivity contribution in [2.24, 2.45) is 0 Å². The molecule has 160 valence electrons. The van der Waals surface area contributed by atoms with Crippen LogP contribution in [0.4, 0.5) is 4.39 Å². The van der Waals surface area contributed by atoms with Crippen LogP contribution < -0.4 is 4.74 Å². The Labute approximate surface area is 184 Å². The molecule has 0 aliphatic carbocycles. The molecule has 1 aliphatic rings. The number of aromatic nitrogens is 3. The van der Waals surface area contributed by atoms with Crippen molar-refractivity contribution in [3.63, 3.8) is 0 Å². The average molecular weight is 428 g/mol. The third-order valence-electron chi connectivity index (χ3n) is 5.83. The van der Waals surface area contributed by atoms with E-state index in [1.54, 1.807) is 49.9 Å². The van der Waals surface area contributed by atoms with Crippen molar-refractivity contribution in [1.29, 1.82) is 0 Å². The summed E-state index contributed by atoms with van der Waals surface area (Å²) in [6.07, 6.45) is 5.97. The molecule has 0 N–H and O–H groups in total. The predicted octanol–water partition coefficient (Wildman–Crippen LogP) is 4.96. The van der Waals surface area contributed by atoms with Gasteiger partial charge in [0, 0.05) is 55.3 Å². The van der Waals surface area contributed by atoms with Gasteiger partial charge in [-0.2, -0.15) is 0 Å². The molecule has 0 radical (unpaired) electrons. The lowest BCUT2D eigenvalue weighted by Crippen LogP contribution is -2.25. The monoisotopic (exact) mass is 428 g/mol. The van der Waals surface area contributed by atoms with Gasteiger partial charge in [-0.3, -0.25) is 4.79 Å². The van der Waals surface area contributed by atoms with Gasteiger partial charge in [-0.25, -0.2) is 19.3 Å². The van der Waals surface area contributed by atoms with Crippen molar-refractivity contribution >= 4 is 16.8 Å². The van der Waals surface area contributed by atoms with Gasteiger partial charge in [0.2, 0.25) is 11.8 Å². The van der Waals surface area contributed by atoms with Gasteiger partial charge in [-0.05, 0) is 47.9 Å². The van der Waals surface area contributed by atoms with E-state index >= 15 is 0 Å². The van der Waals surface area contributed by atoms with E-state index in [4.69, 9.17) is 4.74 Å². The highest BCUT2D eigenvalue weighted by Crippen LogP contribution is 2.35. The topological polar surface area (TPSA) is 68.2 Å². The Bertz CT molecular complexity index is 1290. The standard InChI is InChI=1S/C25H21FN4O2/c1-16(31)30-9-8-18(14-30)21-11-19(10-20-12-27-15-29-25(20)21)17-6-7-24(28-13-17)32-23-5-3-2-4-22(23)26/h2-7,10-13,15,18H,8-9,14H2,1H3. The lowest BCUT2D eigenvalue weighted by atomic mass is 9.92.